The molecule has 31 heavy (non-hydrogen) atoms. The van der Waals surface area contributed by atoms with Crippen LogP contribution < -0.4 is 10.2 Å². The van der Waals surface area contributed by atoms with Gasteiger partial charge in [0.2, 0.25) is 5.91 Å². The predicted octanol–water partition coefficient (Wildman–Crippen LogP) is 3.92. The molecule has 1 aromatic carbocycles. The van der Waals surface area contributed by atoms with Crippen molar-refractivity contribution in [3.63, 3.8) is 0 Å². The van der Waals surface area contributed by atoms with Crippen LogP contribution in [0.5, 0.6) is 0 Å². The summed E-state index contributed by atoms with van der Waals surface area (Å²) in [4.78, 5) is 18.1. The monoisotopic (exact) mass is 431 g/mol. The van der Waals surface area contributed by atoms with Crippen molar-refractivity contribution in [2.45, 2.75) is 45.3 Å². The number of amides is 1. The quantitative estimate of drug-likeness (QED) is 0.680. The van der Waals surface area contributed by atoms with Gasteiger partial charge in [0.15, 0.2) is 5.65 Å². The van der Waals surface area contributed by atoms with E-state index < -0.39 is 11.7 Å². The van der Waals surface area contributed by atoms with E-state index in [4.69, 9.17) is 5.10 Å². The minimum atomic E-state index is -4.36. The fourth-order valence-corrected chi connectivity index (χ4v) is 4.04. The summed E-state index contributed by atoms with van der Waals surface area (Å²) in [5.74, 6) is 0.652. The van der Waals surface area contributed by atoms with Crippen LogP contribution in [0.2, 0.25) is 0 Å². The molecule has 0 spiro atoms. The number of hydrogen-bond donors (Lipinski definition) is 1. The zero-order chi connectivity index (χ0) is 22.3. The van der Waals surface area contributed by atoms with E-state index in [-0.39, 0.29) is 17.9 Å². The van der Waals surface area contributed by atoms with Crippen LogP contribution in [0.4, 0.5) is 19.0 Å². The van der Waals surface area contributed by atoms with E-state index in [2.05, 4.69) is 15.2 Å². The topological polar surface area (TPSA) is 62.5 Å². The molecule has 1 aliphatic heterocycles. The number of rotatable bonds is 4. The molecule has 1 aliphatic rings. The van der Waals surface area contributed by atoms with Gasteiger partial charge in [-0.05, 0) is 31.0 Å². The molecule has 3 heterocycles. The zero-order valence-corrected chi connectivity index (χ0v) is 17.6. The van der Waals surface area contributed by atoms with Gasteiger partial charge in [-0.2, -0.15) is 22.8 Å². The Balaban J connectivity index is 1.64. The first-order valence-electron chi connectivity index (χ1n) is 10.2. The molecule has 6 nitrogen and oxygen atoms in total. The molecule has 2 atom stereocenters. The molecule has 0 aliphatic carbocycles. The van der Waals surface area contributed by atoms with E-state index >= 15 is 0 Å². The molecule has 1 fully saturated rings. The van der Waals surface area contributed by atoms with Crippen LogP contribution in [0.15, 0.2) is 36.4 Å². The number of carbonyl (C=O) groups excluding carboxylic acids is 1. The lowest BCUT2D eigenvalue weighted by Gasteiger charge is -2.20. The molecule has 0 radical (unpaired) electrons. The minimum absolute atomic E-state index is 0.0466. The first-order valence-corrected chi connectivity index (χ1v) is 10.2. The smallest absolute Gasteiger partial charge is 0.354 e. The Bertz CT molecular complexity index is 1110. The number of aryl methyl sites for hydroxylation is 1. The van der Waals surface area contributed by atoms with Gasteiger partial charge in [0.05, 0.1) is 11.3 Å². The van der Waals surface area contributed by atoms with Crippen LogP contribution in [0, 0.1) is 6.92 Å². The largest absolute Gasteiger partial charge is 0.416 e. The SMILES string of the molecule is CC(=O)N[C@H]1CCN(c2cc(C)nc3cc(C(C)c4ccc(C(F)(F)F)cc4)nn23)C1. The Morgan fingerprint density at radius 3 is 2.58 bits per heavy atom. The number of nitrogens with zero attached hydrogens (tertiary/aromatic N) is 4. The van der Waals surface area contributed by atoms with Crippen molar-refractivity contribution in [3.05, 3.63) is 58.9 Å². The Kier molecular flexibility index (Phi) is 5.36. The zero-order valence-electron chi connectivity index (χ0n) is 17.6. The summed E-state index contributed by atoms with van der Waals surface area (Å²) in [5, 5.41) is 7.69. The lowest BCUT2D eigenvalue weighted by Crippen LogP contribution is -2.36. The normalized spacial score (nSPS) is 17.9. The van der Waals surface area contributed by atoms with Gasteiger partial charge in [-0.3, -0.25) is 4.79 Å². The number of nitrogens with one attached hydrogen (secondary N) is 1. The van der Waals surface area contributed by atoms with E-state index in [0.717, 1.165) is 47.9 Å². The Hall–Kier alpha value is -3.10. The minimum Gasteiger partial charge on any atom is -0.354 e. The maximum atomic E-state index is 12.9. The molecule has 4 rings (SSSR count). The number of fused-ring (bicyclic) bond motifs is 1. The molecular formula is C22H24F3N5O. The third-order valence-electron chi connectivity index (χ3n) is 5.66. The molecule has 1 amide bonds. The first kappa shape index (κ1) is 21.1. The highest BCUT2D eigenvalue weighted by molar-refractivity contribution is 5.73. The van der Waals surface area contributed by atoms with Crippen molar-refractivity contribution in [1.29, 1.82) is 0 Å². The molecule has 1 saturated heterocycles. The van der Waals surface area contributed by atoms with E-state index in [1.54, 1.807) is 4.52 Å². The van der Waals surface area contributed by atoms with E-state index in [9.17, 15) is 18.0 Å². The molecule has 164 valence electrons. The van der Waals surface area contributed by atoms with Gasteiger partial charge in [0, 0.05) is 49.8 Å². The highest BCUT2D eigenvalue weighted by Gasteiger charge is 2.30. The van der Waals surface area contributed by atoms with Crippen LogP contribution in [-0.4, -0.2) is 39.6 Å². The van der Waals surface area contributed by atoms with Crippen molar-refractivity contribution < 1.29 is 18.0 Å². The summed E-state index contributed by atoms with van der Waals surface area (Å²) in [5.41, 5.74) is 2.35. The standard InChI is InChI=1S/C22H24F3N5O/c1-13-10-21(29-9-8-18(12-29)27-15(3)31)30-20(26-13)11-19(28-30)14(2)16-4-6-17(7-5-16)22(23,24)25/h4-7,10-11,14,18H,8-9,12H2,1-3H3,(H,27,31)/t14?,18-/m0/s1. The van der Waals surface area contributed by atoms with Gasteiger partial charge < -0.3 is 10.2 Å². The summed E-state index contributed by atoms with van der Waals surface area (Å²) in [6.07, 6.45) is -3.51. The fraction of sp³-hybridized carbons (Fsp3) is 0.409. The Labute approximate surface area is 178 Å². The number of carbonyl (C=O) groups is 1. The molecule has 0 bridgehead atoms. The summed E-state index contributed by atoms with van der Waals surface area (Å²) in [6, 6.07) is 9.11. The second kappa shape index (κ2) is 7.86. The number of hydrogen-bond acceptors (Lipinski definition) is 4. The van der Waals surface area contributed by atoms with Crippen LogP contribution in [0.25, 0.3) is 5.65 Å². The summed E-state index contributed by atoms with van der Waals surface area (Å²) < 4.78 is 40.4. The molecule has 0 saturated carbocycles. The summed E-state index contributed by atoms with van der Waals surface area (Å²) in [7, 11) is 0. The summed E-state index contributed by atoms with van der Waals surface area (Å²) >= 11 is 0. The Morgan fingerprint density at radius 1 is 1.23 bits per heavy atom. The van der Waals surface area contributed by atoms with Gasteiger partial charge in [0.1, 0.15) is 5.82 Å². The molecule has 3 aromatic rings. The molecule has 1 unspecified atom stereocenters. The van der Waals surface area contributed by atoms with Crippen molar-refractivity contribution >= 4 is 17.4 Å². The van der Waals surface area contributed by atoms with Crippen LogP contribution in [0.1, 0.15) is 48.7 Å². The van der Waals surface area contributed by atoms with Gasteiger partial charge >= 0.3 is 6.18 Å². The average Bonchev–Trinajstić information content (AvgIpc) is 3.32. The van der Waals surface area contributed by atoms with E-state index in [0.29, 0.717) is 12.2 Å². The van der Waals surface area contributed by atoms with E-state index in [1.807, 2.05) is 26.0 Å². The molecule has 1 N–H and O–H groups in total. The van der Waals surface area contributed by atoms with Crippen LogP contribution >= 0.6 is 0 Å². The average molecular weight is 431 g/mol. The lowest BCUT2D eigenvalue weighted by molar-refractivity contribution is -0.137. The highest BCUT2D eigenvalue weighted by Crippen LogP contribution is 2.32. The van der Waals surface area contributed by atoms with Gasteiger partial charge in [-0.1, -0.05) is 19.1 Å². The van der Waals surface area contributed by atoms with Crippen molar-refractivity contribution in [2.24, 2.45) is 0 Å². The molecular weight excluding hydrogens is 407 g/mol. The van der Waals surface area contributed by atoms with Crippen LogP contribution in [-0.2, 0) is 11.0 Å². The number of benzene rings is 1. The molecule has 9 heteroatoms. The number of halogens is 3. The van der Waals surface area contributed by atoms with Crippen molar-refractivity contribution in [2.75, 3.05) is 18.0 Å². The van der Waals surface area contributed by atoms with Gasteiger partial charge in [-0.25, -0.2) is 4.98 Å². The highest BCUT2D eigenvalue weighted by atomic mass is 19.4. The summed E-state index contributed by atoms with van der Waals surface area (Å²) in [6.45, 7) is 6.81. The maximum Gasteiger partial charge on any atom is 0.416 e. The van der Waals surface area contributed by atoms with E-state index in [1.165, 1.54) is 19.1 Å². The van der Waals surface area contributed by atoms with Gasteiger partial charge in [0.25, 0.3) is 0 Å². The fourth-order valence-electron chi connectivity index (χ4n) is 4.04. The van der Waals surface area contributed by atoms with Crippen molar-refractivity contribution in [3.8, 4) is 0 Å². The number of aromatic nitrogens is 3. The van der Waals surface area contributed by atoms with Crippen molar-refractivity contribution in [1.82, 2.24) is 19.9 Å². The number of anilines is 1. The lowest BCUT2D eigenvalue weighted by atomic mass is 9.97. The second-order valence-electron chi connectivity index (χ2n) is 8.07. The third kappa shape index (κ3) is 4.35. The van der Waals surface area contributed by atoms with Gasteiger partial charge in [-0.15, -0.1) is 0 Å². The molecule has 2 aromatic heterocycles. The third-order valence-corrected chi connectivity index (χ3v) is 5.66. The predicted molar refractivity (Wildman–Crippen MR) is 111 cm³/mol. The maximum absolute atomic E-state index is 12.9. The first-order chi connectivity index (χ1) is 14.6. The number of alkyl halides is 3. The Morgan fingerprint density at radius 2 is 1.94 bits per heavy atom. The van der Waals surface area contributed by atoms with Crippen LogP contribution in [0.3, 0.4) is 0 Å². The second-order valence-corrected chi connectivity index (χ2v) is 8.07.